The highest BCUT2D eigenvalue weighted by molar-refractivity contribution is 5.84. The second-order valence-electron chi connectivity index (χ2n) is 15.3. The summed E-state index contributed by atoms with van der Waals surface area (Å²) in [7, 11) is 0. The van der Waals surface area contributed by atoms with Crippen molar-refractivity contribution in [1.82, 2.24) is 40.0 Å². The van der Waals surface area contributed by atoms with E-state index in [1.807, 2.05) is 85.6 Å². The lowest BCUT2D eigenvalue weighted by Gasteiger charge is -2.34. The van der Waals surface area contributed by atoms with Gasteiger partial charge in [0.05, 0.1) is 35.9 Å². The molecule has 2 amide bonds. The zero-order chi connectivity index (χ0) is 39.3. The highest BCUT2D eigenvalue weighted by Crippen LogP contribution is 2.37. The molecule has 0 unspecified atom stereocenters. The standard InChI is InChI=1S/C44H53FN8O3/c1-5-51(6-2)40(31-12-8-7-9-13-31)43(54)53-23-11-15-39(53)42-46-25-35(48-42)30-18-16-29(17-19-30)32-20-21-33(34(45)24-32)36-26-47-41(49-36)38-14-10-22-52(38)27-37(28(3)4)50-44(55)56/h7-9,12-13,16-21,24-26,28,37-40,50H,5-6,10-11,14-15,22-23,27H2,1-4H3,(H,46,48)(H,47,49)(H,55,56)/t37-,38+,39+,40-/m1/s1. The number of hydrogen-bond acceptors (Lipinski definition) is 6. The molecule has 2 fully saturated rings. The van der Waals surface area contributed by atoms with Crippen molar-refractivity contribution in [3.8, 4) is 33.6 Å². The number of carbonyl (C=O) groups excluding carboxylic acids is 1. The van der Waals surface area contributed by atoms with Gasteiger partial charge in [0.15, 0.2) is 0 Å². The minimum atomic E-state index is -1.02. The molecule has 4 heterocycles. The second kappa shape index (κ2) is 17.2. The zero-order valence-electron chi connectivity index (χ0n) is 32.7. The summed E-state index contributed by atoms with van der Waals surface area (Å²) in [6.07, 6.45) is 6.14. The number of rotatable bonds is 14. The molecule has 4 atom stereocenters. The van der Waals surface area contributed by atoms with Crippen LogP contribution in [0.15, 0.2) is 85.2 Å². The second-order valence-corrected chi connectivity index (χ2v) is 15.3. The van der Waals surface area contributed by atoms with Gasteiger partial charge in [-0.25, -0.2) is 19.2 Å². The summed E-state index contributed by atoms with van der Waals surface area (Å²) in [5.74, 6) is 1.46. The summed E-state index contributed by atoms with van der Waals surface area (Å²) in [5, 5.41) is 12.0. The Morgan fingerprint density at radius 2 is 1.48 bits per heavy atom. The van der Waals surface area contributed by atoms with E-state index in [0.29, 0.717) is 24.3 Å². The van der Waals surface area contributed by atoms with Gasteiger partial charge in [-0.1, -0.05) is 88.4 Å². The van der Waals surface area contributed by atoms with Gasteiger partial charge in [0.2, 0.25) is 5.91 Å². The number of imidazole rings is 2. The Kier molecular flexibility index (Phi) is 12.0. The quantitative estimate of drug-likeness (QED) is 0.0893. The molecule has 0 radical (unpaired) electrons. The molecule has 2 aromatic heterocycles. The Balaban J connectivity index is 1.03. The van der Waals surface area contributed by atoms with Crippen molar-refractivity contribution < 1.29 is 19.1 Å². The molecular weight excluding hydrogens is 708 g/mol. The first-order valence-corrected chi connectivity index (χ1v) is 20.0. The zero-order valence-corrected chi connectivity index (χ0v) is 32.7. The van der Waals surface area contributed by atoms with E-state index in [4.69, 9.17) is 4.98 Å². The van der Waals surface area contributed by atoms with E-state index in [-0.39, 0.29) is 41.8 Å². The molecule has 12 heteroatoms. The number of benzene rings is 3. The van der Waals surface area contributed by atoms with Crippen LogP contribution in [0.3, 0.4) is 0 Å². The van der Waals surface area contributed by atoms with E-state index in [1.165, 1.54) is 0 Å². The van der Waals surface area contributed by atoms with Crippen molar-refractivity contribution in [2.45, 2.75) is 77.5 Å². The largest absolute Gasteiger partial charge is 0.465 e. The Labute approximate surface area is 328 Å². The van der Waals surface area contributed by atoms with Crippen LogP contribution in [0.5, 0.6) is 0 Å². The lowest BCUT2D eigenvalue weighted by atomic mass is 10.0. The number of nitrogens with one attached hydrogen (secondary N) is 3. The number of amides is 2. The molecule has 4 N–H and O–H groups in total. The molecule has 0 spiro atoms. The number of likely N-dealkylation sites (tertiary alicyclic amines) is 2. The van der Waals surface area contributed by atoms with E-state index in [9.17, 15) is 14.7 Å². The van der Waals surface area contributed by atoms with E-state index in [2.05, 4.69) is 43.9 Å². The van der Waals surface area contributed by atoms with Crippen molar-refractivity contribution in [1.29, 1.82) is 0 Å². The number of halogens is 1. The highest BCUT2D eigenvalue weighted by Gasteiger charge is 2.38. The monoisotopic (exact) mass is 760 g/mol. The lowest BCUT2D eigenvalue weighted by molar-refractivity contribution is -0.138. The minimum Gasteiger partial charge on any atom is -0.465 e. The molecule has 0 saturated carbocycles. The van der Waals surface area contributed by atoms with Crippen molar-refractivity contribution in [2.24, 2.45) is 5.92 Å². The third-order valence-electron chi connectivity index (χ3n) is 11.6. The van der Waals surface area contributed by atoms with Crippen LogP contribution in [0.4, 0.5) is 9.18 Å². The van der Waals surface area contributed by atoms with Gasteiger partial charge in [0.1, 0.15) is 23.5 Å². The van der Waals surface area contributed by atoms with Gasteiger partial charge >= 0.3 is 6.09 Å². The summed E-state index contributed by atoms with van der Waals surface area (Å²) in [6.45, 7) is 11.9. The number of aromatic nitrogens is 4. The van der Waals surface area contributed by atoms with Gasteiger partial charge in [-0.05, 0) is 85.6 Å². The molecule has 294 valence electrons. The SMILES string of the molecule is CCN(CC)[C@@H](C(=O)N1CCC[C@H]1c1ncc(-c2ccc(-c3ccc(-c4cnc([C@@H]5CCCN5C[C@@H](NC(=O)O)C(C)C)[nH]4)c(F)c3)cc2)[nH]1)c1ccccc1. The van der Waals surface area contributed by atoms with Gasteiger partial charge in [0, 0.05) is 24.7 Å². The van der Waals surface area contributed by atoms with Crippen molar-refractivity contribution in [3.63, 3.8) is 0 Å². The van der Waals surface area contributed by atoms with Crippen molar-refractivity contribution >= 4 is 12.0 Å². The predicted molar refractivity (Wildman–Crippen MR) is 216 cm³/mol. The van der Waals surface area contributed by atoms with Crippen LogP contribution in [0.1, 0.15) is 88.7 Å². The number of H-pyrrole nitrogens is 2. The smallest absolute Gasteiger partial charge is 0.404 e. The summed E-state index contributed by atoms with van der Waals surface area (Å²) in [5.41, 5.74) is 5.52. The molecule has 7 rings (SSSR count). The average Bonchev–Trinajstić information content (AvgIpc) is 4.04. The van der Waals surface area contributed by atoms with E-state index in [0.717, 1.165) is 84.9 Å². The van der Waals surface area contributed by atoms with Crippen LogP contribution in [0, 0.1) is 11.7 Å². The summed E-state index contributed by atoms with van der Waals surface area (Å²) in [6, 6.07) is 22.6. The van der Waals surface area contributed by atoms with Crippen LogP contribution in [0.25, 0.3) is 33.6 Å². The molecule has 3 aromatic carbocycles. The van der Waals surface area contributed by atoms with Gasteiger partial charge in [-0.15, -0.1) is 0 Å². The summed E-state index contributed by atoms with van der Waals surface area (Å²) in [4.78, 5) is 48.3. The predicted octanol–water partition coefficient (Wildman–Crippen LogP) is 8.45. The van der Waals surface area contributed by atoms with Gasteiger partial charge in [-0.2, -0.15) is 0 Å². The summed E-state index contributed by atoms with van der Waals surface area (Å²) >= 11 is 0. The molecule has 11 nitrogen and oxygen atoms in total. The first-order valence-electron chi connectivity index (χ1n) is 20.0. The first kappa shape index (κ1) is 38.9. The first-order chi connectivity index (χ1) is 27.1. The normalized spacial score (nSPS) is 18.5. The Bertz CT molecular complexity index is 2090. The van der Waals surface area contributed by atoms with Gasteiger partial charge in [-0.3, -0.25) is 14.6 Å². The number of aromatic amines is 2. The molecule has 2 aliphatic heterocycles. The Hall–Kier alpha value is -5.33. The average molecular weight is 761 g/mol. The van der Waals surface area contributed by atoms with Gasteiger partial charge < -0.3 is 25.3 Å². The minimum absolute atomic E-state index is 0.0107. The van der Waals surface area contributed by atoms with Crippen LogP contribution in [-0.4, -0.2) is 90.5 Å². The van der Waals surface area contributed by atoms with Crippen LogP contribution in [-0.2, 0) is 4.79 Å². The summed E-state index contributed by atoms with van der Waals surface area (Å²) < 4.78 is 15.7. The number of likely N-dealkylation sites (N-methyl/N-ethyl adjacent to an activating group) is 1. The van der Waals surface area contributed by atoms with E-state index >= 15 is 4.39 Å². The van der Waals surface area contributed by atoms with Crippen LogP contribution in [0.2, 0.25) is 0 Å². The van der Waals surface area contributed by atoms with Crippen molar-refractivity contribution in [2.75, 3.05) is 32.7 Å². The van der Waals surface area contributed by atoms with Gasteiger partial charge in [0.25, 0.3) is 0 Å². The highest BCUT2D eigenvalue weighted by atomic mass is 19.1. The molecule has 2 saturated heterocycles. The number of nitrogens with zero attached hydrogens (tertiary/aromatic N) is 5. The third kappa shape index (κ3) is 8.27. The maximum absolute atomic E-state index is 15.7. The number of carboxylic acid groups (broad SMARTS) is 1. The maximum Gasteiger partial charge on any atom is 0.404 e. The van der Waals surface area contributed by atoms with Crippen LogP contribution < -0.4 is 5.32 Å². The number of hydrogen-bond donors (Lipinski definition) is 4. The van der Waals surface area contributed by atoms with Crippen LogP contribution >= 0.6 is 0 Å². The maximum atomic E-state index is 15.7. The Morgan fingerprint density at radius 3 is 2.16 bits per heavy atom. The van der Waals surface area contributed by atoms with E-state index < -0.39 is 6.09 Å². The van der Waals surface area contributed by atoms with Crippen molar-refractivity contribution in [3.05, 3.63) is 108 Å². The third-order valence-corrected chi connectivity index (χ3v) is 11.6. The molecule has 56 heavy (non-hydrogen) atoms. The Morgan fingerprint density at radius 1 is 0.857 bits per heavy atom. The fraction of sp³-hybridized carbons (Fsp3) is 0.409. The topological polar surface area (TPSA) is 133 Å². The lowest BCUT2D eigenvalue weighted by Crippen LogP contribution is -2.46. The molecular formula is C44H53FN8O3. The number of carbonyl (C=O) groups is 2. The molecule has 0 aliphatic carbocycles. The molecule has 5 aromatic rings. The van der Waals surface area contributed by atoms with E-state index in [1.54, 1.807) is 18.3 Å². The molecule has 2 aliphatic rings. The molecule has 0 bridgehead atoms. The fourth-order valence-corrected chi connectivity index (χ4v) is 8.45. The fourth-order valence-electron chi connectivity index (χ4n) is 8.45.